The van der Waals surface area contributed by atoms with E-state index in [2.05, 4.69) is 5.32 Å². The standard InChI is InChI=1S/C12H11NO8S2/c1-6(14)13-9-3-2-7-4-8(22(16,17)18)5-10(15)11(7)12(9)23(19,20)21/h2-5,15H,1H3,(H,13,14)(H,16,17,18)(H,19,20,21). The maximum Gasteiger partial charge on any atom is 0.297 e. The lowest BCUT2D eigenvalue weighted by Gasteiger charge is -2.13. The quantitative estimate of drug-likeness (QED) is 0.589. The van der Waals surface area contributed by atoms with Crippen LogP contribution < -0.4 is 5.32 Å². The zero-order valence-electron chi connectivity index (χ0n) is 11.5. The Morgan fingerprint density at radius 3 is 2.13 bits per heavy atom. The fourth-order valence-electron chi connectivity index (χ4n) is 2.09. The van der Waals surface area contributed by atoms with Crippen LogP contribution in [-0.4, -0.2) is 37.0 Å². The lowest BCUT2D eigenvalue weighted by Crippen LogP contribution is -2.11. The summed E-state index contributed by atoms with van der Waals surface area (Å²) in [4.78, 5) is 9.69. The summed E-state index contributed by atoms with van der Waals surface area (Å²) < 4.78 is 63.9. The molecule has 0 fully saturated rings. The van der Waals surface area contributed by atoms with Crippen LogP contribution in [0.4, 0.5) is 5.69 Å². The van der Waals surface area contributed by atoms with Gasteiger partial charge >= 0.3 is 0 Å². The molecule has 0 saturated carbocycles. The largest absolute Gasteiger partial charge is 0.507 e. The number of hydrogen-bond donors (Lipinski definition) is 4. The van der Waals surface area contributed by atoms with Gasteiger partial charge < -0.3 is 10.4 Å². The number of nitrogens with one attached hydrogen (secondary N) is 1. The van der Waals surface area contributed by atoms with Crippen LogP contribution in [0.2, 0.25) is 0 Å². The van der Waals surface area contributed by atoms with Crippen molar-refractivity contribution in [1.29, 1.82) is 0 Å². The number of carbonyl (C=O) groups is 1. The average Bonchev–Trinajstić information content (AvgIpc) is 2.35. The summed E-state index contributed by atoms with van der Waals surface area (Å²) >= 11 is 0. The third-order valence-electron chi connectivity index (χ3n) is 2.89. The fraction of sp³-hybridized carbons (Fsp3) is 0.0833. The van der Waals surface area contributed by atoms with E-state index < -0.39 is 47.1 Å². The summed E-state index contributed by atoms with van der Waals surface area (Å²) in [6, 6.07) is 3.87. The van der Waals surface area contributed by atoms with E-state index in [-0.39, 0.29) is 11.1 Å². The Balaban J connectivity index is 2.97. The molecule has 0 saturated heterocycles. The molecule has 4 N–H and O–H groups in total. The van der Waals surface area contributed by atoms with Crippen molar-refractivity contribution in [2.24, 2.45) is 0 Å². The molecule has 0 bridgehead atoms. The van der Waals surface area contributed by atoms with Gasteiger partial charge in [0.15, 0.2) is 0 Å². The van der Waals surface area contributed by atoms with Gasteiger partial charge in [-0.05, 0) is 17.5 Å². The average molecular weight is 361 g/mol. The molecule has 0 spiro atoms. The molecule has 9 nitrogen and oxygen atoms in total. The number of hydrogen-bond acceptors (Lipinski definition) is 6. The van der Waals surface area contributed by atoms with Crippen LogP contribution in [0, 0.1) is 0 Å². The van der Waals surface area contributed by atoms with E-state index in [0.717, 1.165) is 19.1 Å². The zero-order valence-corrected chi connectivity index (χ0v) is 13.1. The topological polar surface area (TPSA) is 158 Å². The second kappa shape index (κ2) is 5.45. The first kappa shape index (κ1) is 17.1. The minimum atomic E-state index is -4.86. The maximum atomic E-state index is 11.6. The molecular formula is C12H11NO8S2. The summed E-state index contributed by atoms with van der Waals surface area (Å²) in [5.74, 6) is -1.43. The Morgan fingerprint density at radius 1 is 1.04 bits per heavy atom. The number of aromatic hydroxyl groups is 1. The number of carbonyl (C=O) groups excluding carboxylic acids is 1. The van der Waals surface area contributed by atoms with Gasteiger partial charge in [0.2, 0.25) is 5.91 Å². The van der Waals surface area contributed by atoms with Crippen molar-refractivity contribution in [2.45, 2.75) is 16.7 Å². The summed E-state index contributed by atoms with van der Waals surface area (Å²) in [7, 11) is -9.50. The third kappa shape index (κ3) is 3.42. The van der Waals surface area contributed by atoms with Gasteiger partial charge in [0.05, 0.1) is 10.6 Å². The highest BCUT2D eigenvalue weighted by molar-refractivity contribution is 7.86. The molecule has 11 heteroatoms. The van der Waals surface area contributed by atoms with E-state index in [1.807, 2.05) is 0 Å². The van der Waals surface area contributed by atoms with Crippen LogP contribution in [0.1, 0.15) is 6.92 Å². The molecule has 2 aromatic rings. The van der Waals surface area contributed by atoms with Crippen molar-refractivity contribution >= 4 is 42.6 Å². The molecule has 23 heavy (non-hydrogen) atoms. The molecule has 0 aliphatic carbocycles. The first-order valence-corrected chi connectivity index (χ1v) is 8.81. The number of anilines is 1. The van der Waals surface area contributed by atoms with E-state index in [1.165, 1.54) is 6.07 Å². The molecular weight excluding hydrogens is 350 g/mol. The van der Waals surface area contributed by atoms with Crippen molar-refractivity contribution in [3.63, 3.8) is 0 Å². The Labute approximate surface area is 131 Å². The number of amides is 1. The van der Waals surface area contributed by atoms with Gasteiger partial charge in [-0.2, -0.15) is 16.8 Å². The molecule has 0 aromatic heterocycles. The third-order valence-corrected chi connectivity index (χ3v) is 4.66. The van der Waals surface area contributed by atoms with Gasteiger partial charge in [-0.3, -0.25) is 13.9 Å². The van der Waals surface area contributed by atoms with Gasteiger partial charge in [-0.1, -0.05) is 6.07 Å². The van der Waals surface area contributed by atoms with Gasteiger partial charge in [0.25, 0.3) is 20.2 Å². The van der Waals surface area contributed by atoms with Crippen molar-refractivity contribution in [3.8, 4) is 5.75 Å². The molecule has 0 heterocycles. The van der Waals surface area contributed by atoms with Crippen LogP contribution >= 0.6 is 0 Å². The van der Waals surface area contributed by atoms with Crippen molar-refractivity contribution in [2.75, 3.05) is 5.32 Å². The van der Waals surface area contributed by atoms with E-state index in [4.69, 9.17) is 4.55 Å². The number of benzene rings is 2. The molecule has 0 aliphatic heterocycles. The SMILES string of the molecule is CC(=O)Nc1ccc2cc(S(=O)(=O)O)cc(O)c2c1S(=O)(=O)O. The molecule has 0 radical (unpaired) electrons. The highest BCUT2D eigenvalue weighted by Gasteiger charge is 2.24. The molecule has 124 valence electrons. The number of rotatable bonds is 3. The van der Waals surface area contributed by atoms with Crippen LogP contribution in [0.25, 0.3) is 10.8 Å². The highest BCUT2D eigenvalue weighted by atomic mass is 32.2. The van der Waals surface area contributed by atoms with Crippen LogP contribution in [0.15, 0.2) is 34.1 Å². The lowest BCUT2D eigenvalue weighted by molar-refractivity contribution is -0.114. The summed E-state index contributed by atoms with van der Waals surface area (Å²) in [5, 5.41) is 11.7. The molecule has 2 rings (SSSR count). The number of phenolic OH excluding ortho intramolecular Hbond substituents is 1. The first-order valence-electron chi connectivity index (χ1n) is 5.93. The first-order chi connectivity index (χ1) is 10.4. The Bertz CT molecular complexity index is 1020. The van der Waals surface area contributed by atoms with Gasteiger partial charge in [-0.15, -0.1) is 0 Å². The van der Waals surface area contributed by atoms with Gasteiger partial charge in [0.1, 0.15) is 10.6 Å². The van der Waals surface area contributed by atoms with E-state index in [0.29, 0.717) is 6.07 Å². The molecule has 1 amide bonds. The smallest absolute Gasteiger partial charge is 0.297 e. The Kier molecular flexibility index (Phi) is 4.07. The fourth-order valence-corrected chi connectivity index (χ4v) is 3.50. The van der Waals surface area contributed by atoms with Crippen LogP contribution in [0.5, 0.6) is 5.75 Å². The Morgan fingerprint density at radius 2 is 1.65 bits per heavy atom. The molecule has 0 atom stereocenters. The second-order valence-electron chi connectivity index (χ2n) is 4.61. The number of fused-ring (bicyclic) bond motifs is 1. The predicted octanol–water partition coefficient (Wildman–Crippen LogP) is 0.997. The Hall–Kier alpha value is -2.21. The van der Waals surface area contributed by atoms with Crippen LogP contribution in [-0.2, 0) is 25.0 Å². The maximum absolute atomic E-state index is 11.6. The monoisotopic (exact) mass is 361 g/mol. The van der Waals surface area contributed by atoms with Crippen molar-refractivity contribution < 1.29 is 35.8 Å². The van der Waals surface area contributed by atoms with E-state index in [1.54, 1.807) is 0 Å². The van der Waals surface area contributed by atoms with Gasteiger partial charge in [0, 0.05) is 18.4 Å². The predicted molar refractivity (Wildman–Crippen MR) is 79.5 cm³/mol. The highest BCUT2D eigenvalue weighted by Crippen LogP contribution is 2.37. The molecule has 0 aliphatic rings. The van der Waals surface area contributed by atoms with Crippen molar-refractivity contribution in [3.05, 3.63) is 24.3 Å². The molecule has 0 unspecified atom stereocenters. The second-order valence-corrected chi connectivity index (χ2v) is 7.39. The van der Waals surface area contributed by atoms with E-state index in [9.17, 15) is 31.3 Å². The van der Waals surface area contributed by atoms with Crippen molar-refractivity contribution in [1.82, 2.24) is 0 Å². The summed E-state index contributed by atoms with van der Waals surface area (Å²) in [6.45, 7) is 1.11. The summed E-state index contributed by atoms with van der Waals surface area (Å²) in [5.41, 5.74) is -0.289. The molecule has 2 aromatic carbocycles. The summed E-state index contributed by atoms with van der Waals surface area (Å²) in [6.07, 6.45) is 0. The normalized spacial score (nSPS) is 12.3. The minimum absolute atomic E-state index is 0.0839. The van der Waals surface area contributed by atoms with Crippen LogP contribution in [0.3, 0.4) is 0 Å². The zero-order chi connectivity index (χ0) is 17.6. The lowest BCUT2D eigenvalue weighted by atomic mass is 10.1. The van der Waals surface area contributed by atoms with Gasteiger partial charge in [-0.25, -0.2) is 0 Å². The van der Waals surface area contributed by atoms with E-state index >= 15 is 0 Å². The minimum Gasteiger partial charge on any atom is -0.507 e. The number of phenols is 1.